The molecule has 2 aromatic carbocycles. The molecular formula is C24H32N2O4S. The van der Waals surface area contributed by atoms with E-state index >= 15 is 0 Å². The zero-order valence-electron chi connectivity index (χ0n) is 18.9. The smallest absolute Gasteiger partial charge is 0.282 e. The molecule has 3 rings (SSSR count). The lowest BCUT2D eigenvalue weighted by Crippen LogP contribution is -2.48. The number of ether oxygens (including phenoxy) is 2. The molecule has 31 heavy (non-hydrogen) atoms. The van der Waals surface area contributed by atoms with Crippen LogP contribution in [0.15, 0.2) is 60.2 Å². The van der Waals surface area contributed by atoms with Gasteiger partial charge in [-0.1, -0.05) is 35.9 Å². The summed E-state index contributed by atoms with van der Waals surface area (Å²) in [6, 6.07) is 14.9. The molecular weight excluding hydrogens is 412 g/mol. The second-order valence-electron chi connectivity index (χ2n) is 8.11. The summed E-state index contributed by atoms with van der Waals surface area (Å²) in [4.78, 5) is 0. The average molecular weight is 445 g/mol. The van der Waals surface area contributed by atoms with E-state index in [1.807, 2.05) is 55.5 Å². The maximum atomic E-state index is 13.6. The maximum Gasteiger partial charge on any atom is 0.282 e. The minimum atomic E-state index is -3.69. The molecule has 0 radical (unpaired) electrons. The van der Waals surface area contributed by atoms with Crippen LogP contribution >= 0.6 is 0 Å². The first-order chi connectivity index (χ1) is 14.7. The second kappa shape index (κ2) is 9.85. The Bertz CT molecular complexity index is 951. The van der Waals surface area contributed by atoms with Gasteiger partial charge in [-0.05, 0) is 61.6 Å². The van der Waals surface area contributed by atoms with Gasteiger partial charge in [-0.25, -0.2) is 0 Å². The molecule has 1 unspecified atom stereocenters. The van der Waals surface area contributed by atoms with Crippen LogP contribution in [0, 0.1) is 5.92 Å². The fraction of sp³-hybridized carbons (Fsp3) is 0.417. The Kier molecular flexibility index (Phi) is 7.41. The van der Waals surface area contributed by atoms with Crippen molar-refractivity contribution in [1.82, 2.24) is 8.61 Å². The number of benzene rings is 2. The minimum Gasteiger partial charge on any atom is -0.497 e. The third kappa shape index (κ3) is 5.47. The van der Waals surface area contributed by atoms with Crippen LogP contribution in [-0.2, 0) is 23.3 Å². The van der Waals surface area contributed by atoms with Crippen molar-refractivity contribution >= 4 is 10.2 Å². The van der Waals surface area contributed by atoms with Crippen LogP contribution in [0.3, 0.4) is 0 Å². The van der Waals surface area contributed by atoms with Gasteiger partial charge in [0.15, 0.2) is 0 Å². The first-order valence-corrected chi connectivity index (χ1v) is 11.8. The molecule has 0 saturated carbocycles. The van der Waals surface area contributed by atoms with E-state index in [1.165, 1.54) is 14.2 Å². The molecule has 2 atom stereocenters. The molecule has 0 spiro atoms. The van der Waals surface area contributed by atoms with Crippen LogP contribution < -0.4 is 9.47 Å². The molecule has 0 saturated heterocycles. The summed E-state index contributed by atoms with van der Waals surface area (Å²) < 4.78 is 40.8. The number of hydrogen-bond acceptors (Lipinski definition) is 4. The van der Waals surface area contributed by atoms with E-state index in [2.05, 4.69) is 13.0 Å². The van der Waals surface area contributed by atoms with E-state index in [4.69, 9.17) is 9.47 Å². The van der Waals surface area contributed by atoms with Crippen molar-refractivity contribution in [3.8, 4) is 11.5 Å². The van der Waals surface area contributed by atoms with Gasteiger partial charge in [-0.15, -0.1) is 0 Å². The Morgan fingerprint density at radius 2 is 1.35 bits per heavy atom. The summed E-state index contributed by atoms with van der Waals surface area (Å²) in [6.45, 7) is 4.60. The highest BCUT2D eigenvalue weighted by Gasteiger charge is 2.35. The monoisotopic (exact) mass is 444 g/mol. The number of nitrogens with zero attached hydrogens (tertiary/aromatic N) is 2. The topological polar surface area (TPSA) is 59.1 Å². The maximum absolute atomic E-state index is 13.6. The lowest BCUT2D eigenvalue weighted by Gasteiger charge is -2.37. The molecule has 0 N–H and O–H groups in total. The molecule has 1 aliphatic rings. The van der Waals surface area contributed by atoms with Crippen molar-refractivity contribution in [3.63, 3.8) is 0 Å². The second-order valence-corrected chi connectivity index (χ2v) is 10.1. The lowest BCUT2D eigenvalue weighted by molar-refractivity contribution is 0.271. The van der Waals surface area contributed by atoms with Gasteiger partial charge < -0.3 is 9.47 Å². The highest BCUT2D eigenvalue weighted by Crippen LogP contribution is 2.32. The fourth-order valence-electron chi connectivity index (χ4n) is 3.76. The van der Waals surface area contributed by atoms with Gasteiger partial charge in [0.05, 0.1) is 14.2 Å². The van der Waals surface area contributed by atoms with Crippen LogP contribution in [0.1, 0.15) is 31.4 Å². The standard InChI is InChI=1S/C24H32N2O4S/c1-18-14-22(15-18)19(2)25(3)31(27,28)26(16-20-6-10-23(29-4)11-7-20)17-21-8-12-24(30-5)13-9-21/h6-14,19,22H,15-17H2,1-5H3/t19-,22?/m0/s1. The Morgan fingerprint density at radius 1 is 0.935 bits per heavy atom. The van der Waals surface area contributed by atoms with Gasteiger partial charge in [-0.3, -0.25) is 0 Å². The van der Waals surface area contributed by atoms with Crippen LogP contribution in [0.25, 0.3) is 0 Å². The van der Waals surface area contributed by atoms with E-state index in [9.17, 15) is 8.42 Å². The quantitative estimate of drug-likeness (QED) is 0.515. The lowest BCUT2D eigenvalue weighted by atomic mass is 9.83. The summed E-state index contributed by atoms with van der Waals surface area (Å²) in [6.07, 6.45) is 3.10. The first kappa shape index (κ1) is 23.3. The third-order valence-electron chi connectivity index (χ3n) is 5.98. The van der Waals surface area contributed by atoms with E-state index in [-0.39, 0.29) is 25.0 Å². The summed E-state index contributed by atoms with van der Waals surface area (Å²) in [5, 5.41) is 0. The molecule has 0 fully saturated rings. The van der Waals surface area contributed by atoms with Gasteiger partial charge in [0.25, 0.3) is 10.2 Å². The van der Waals surface area contributed by atoms with E-state index in [1.54, 1.807) is 21.3 Å². The predicted octanol–water partition coefficient (Wildman–Crippen LogP) is 4.24. The van der Waals surface area contributed by atoms with Crippen LogP contribution in [0.4, 0.5) is 0 Å². The van der Waals surface area contributed by atoms with E-state index in [0.717, 1.165) is 29.0 Å². The van der Waals surface area contributed by atoms with Crippen molar-refractivity contribution in [1.29, 1.82) is 0 Å². The van der Waals surface area contributed by atoms with Crippen molar-refractivity contribution in [2.24, 2.45) is 5.92 Å². The molecule has 168 valence electrons. The highest BCUT2D eigenvalue weighted by atomic mass is 32.2. The molecule has 0 amide bonds. The van der Waals surface area contributed by atoms with Crippen molar-refractivity contribution < 1.29 is 17.9 Å². The average Bonchev–Trinajstić information content (AvgIpc) is 2.76. The molecule has 2 aromatic rings. The number of allylic oxidation sites excluding steroid dienone is 1. The molecule has 1 aliphatic carbocycles. The Balaban J connectivity index is 1.86. The Morgan fingerprint density at radius 3 is 1.71 bits per heavy atom. The van der Waals surface area contributed by atoms with Gasteiger partial charge in [0.1, 0.15) is 11.5 Å². The molecule has 0 aromatic heterocycles. The fourth-order valence-corrected chi connectivity index (χ4v) is 5.33. The summed E-state index contributed by atoms with van der Waals surface area (Å²) >= 11 is 0. The van der Waals surface area contributed by atoms with E-state index in [0.29, 0.717) is 0 Å². The van der Waals surface area contributed by atoms with Gasteiger partial charge >= 0.3 is 0 Å². The number of rotatable bonds is 10. The third-order valence-corrected chi connectivity index (χ3v) is 7.95. The highest BCUT2D eigenvalue weighted by molar-refractivity contribution is 7.86. The van der Waals surface area contributed by atoms with Crippen LogP contribution in [0.2, 0.25) is 0 Å². The zero-order valence-corrected chi connectivity index (χ0v) is 19.7. The van der Waals surface area contributed by atoms with Crippen LogP contribution in [-0.4, -0.2) is 44.3 Å². The molecule has 0 heterocycles. The van der Waals surface area contributed by atoms with Gasteiger partial charge in [0.2, 0.25) is 0 Å². The Hall–Kier alpha value is -2.35. The molecule has 0 bridgehead atoms. The summed E-state index contributed by atoms with van der Waals surface area (Å²) in [5.41, 5.74) is 3.12. The van der Waals surface area contributed by atoms with E-state index < -0.39 is 10.2 Å². The first-order valence-electron chi connectivity index (χ1n) is 10.4. The predicted molar refractivity (Wildman–Crippen MR) is 123 cm³/mol. The largest absolute Gasteiger partial charge is 0.497 e. The van der Waals surface area contributed by atoms with Crippen molar-refractivity contribution in [2.75, 3.05) is 21.3 Å². The normalized spacial score (nSPS) is 17.3. The number of hydrogen-bond donors (Lipinski definition) is 0. The minimum absolute atomic E-state index is 0.108. The Labute approximate surface area is 186 Å². The molecule has 0 aliphatic heterocycles. The van der Waals surface area contributed by atoms with Crippen molar-refractivity contribution in [3.05, 3.63) is 71.3 Å². The zero-order chi connectivity index (χ0) is 22.6. The van der Waals surface area contributed by atoms with Crippen LogP contribution in [0.5, 0.6) is 11.5 Å². The summed E-state index contributed by atoms with van der Waals surface area (Å²) in [7, 11) is 1.21. The van der Waals surface area contributed by atoms with Crippen molar-refractivity contribution in [2.45, 2.75) is 39.4 Å². The van der Waals surface area contributed by atoms with Gasteiger partial charge in [0, 0.05) is 26.2 Å². The SMILES string of the molecule is COc1ccc(CN(Cc2ccc(OC)cc2)S(=O)(=O)N(C)[C@@H](C)C2C=C(C)C2)cc1. The molecule has 6 nitrogen and oxygen atoms in total. The molecule has 7 heteroatoms. The summed E-state index contributed by atoms with van der Waals surface area (Å²) in [5.74, 6) is 1.74. The number of methoxy groups -OCH3 is 2. The van der Waals surface area contributed by atoms with Gasteiger partial charge in [-0.2, -0.15) is 17.0 Å².